The van der Waals surface area contributed by atoms with Gasteiger partial charge in [0.1, 0.15) is 24.2 Å². The van der Waals surface area contributed by atoms with Gasteiger partial charge in [-0.1, -0.05) is 24.3 Å². The molecule has 1 unspecified atom stereocenters. The van der Waals surface area contributed by atoms with E-state index in [0.29, 0.717) is 36.5 Å². The summed E-state index contributed by atoms with van der Waals surface area (Å²) in [6.45, 7) is -0.234. The highest BCUT2D eigenvalue weighted by molar-refractivity contribution is 5.71. The number of esters is 1. The Morgan fingerprint density at radius 2 is 2.03 bits per heavy atom. The number of halogens is 2. The molecule has 0 amide bonds. The second-order valence-corrected chi connectivity index (χ2v) is 7.64. The van der Waals surface area contributed by atoms with Crippen LogP contribution in [-0.2, 0) is 26.6 Å². The number of carbonyl (C=O) groups excluding carboxylic acids is 1. The number of alkyl halides is 2. The van der Waals surface area contributed by atoms with E-state index in [4.69, 9.17) is 18.9 Å². The standard InChI is InChI=1S/C23H24F2O5/c1-27-13-23(24,25)19-5-3-4-18-17(19)8-9-20(18)30-15-6-7-16-14(10-22(26)28-2)12-29-21(16)11-15/h3-7,11,14,20H,8-10,12-13H2,1-2H3/t14?,20-/m1/s1. The molecule has 5 nitrogen and oxygen atoms in total. The fourth-order valence-corrected chi connectivity index (χ4v) is 4.29. The van der Waals surface area contributed by atoms with Crippen LogP contribution in [0.2, 0.25) is 0 Å². The molecule has 160 valence electrons. The molecule has 0 bridgehead atoms. The summed E-state index contributed by atoms with van der Waals surface area (Å²) < 4.78 is 50.2. The van der Waals surface area contributed by atoms with E-state index in [0.717, 1.165) is 11.1 Å². The summed E-state index contributed by atoms with van der Waals surface area (Å²) in [6, 6.07) is 10.5. The van der Waals surface area contributed by atoms with Gasteiger partial charge >= 0.3 is 5.97 Å². The van der Waals surface area contributed by atoms with Gasteiger partial charge < -0.3 is 18.9 Å². The van der Waals surface area contributed by atoms with E-state index in [1.165, 1.54) is 20.3 Å². The molecule has 0 saturated carbocycles. The van der Waals surface area contributed by atoms with Crippen LogP contribution in [0, 0.1) is 0 Å². The molecule has 2 aliphatic rings. The number of rotatable bonds is 7. The van der Waals surface area contributed by atoms with Crippen molar-refractivity contribution in [1.82, 2.24) is 0 Å². The predicted octanol–water partition coefficient (Wildman–Crippen LogP) is 4.53. The molecule has 0 fully saturated rings. The maximum Gasteiger partial charge on any atom is 0.306 e. The van der Waals surface area contributed by atoms with Crippen LogP contribution in [-0.4, -0.2) is 33.4 Å². The molecular weight excluding hydrogens is 394 g/mol. The first kappa shape index (κ1) is 20.6. The summed E-state index contributed by atoms with van der Waals surface area (Å²) >= 11 is 0. The van der Waals surface area contributed by atoms with Crippen molar-refractivity contribution in [2.45, 2.75) is 37.2 Å². The maximum atomic E-state index is 14.5. The minimum absolute atomic E-state index is 0.0101. The third-order valence-corrected chi connectivity index (χ3v) is 5.72. The third kappa shape index (κ3) is 3.86. The fraction of sp³-hybridized carbons (Fsp3) is 0.435. The zero-order valence-electron chi connectivity index (χ0n) is 17.0. The third-order valence-electron chi connectivity index (χ3n) is 5.72. The Labute approximate surface area is 173 Å². The monoisotopic (exact) mass is 418 g/mol. The second kappa shape index (κ2) is 8.22. The number of hydrogen-bond donors (Lipinski definition) is 0. The molecule has 7 heteroatoms. The molecule has 0 N–H and O–H groups in total. The average Bonchev–Trinajstić information content (AvgIpc) is 3.32. The predicted molar refractivity (Wildman–Crippen MR) is 105 cm³/mol. The Kier molecular flexibility index (Phi) is 5.64. The SMILES string of the molecule is COCC(F)(F)c1cccc2c1CC[C@H]2Oc1ccc2c(c1)OCC2CC(=O)OC. The quantitative estimate of drug-likeness (QED) is 0.619. The summed E-state index contributed by atoms with van der Waals surface area (Å²) in [6.07, 6.45) is 1.11. The van der Waals surface area contributed by atoms with Gasteiger partial charge in [-0.2, -0.15) is 8.78 Å². The van der Waals surface area contributed by atoms with Gasteiger partial charge in [0.25, 0.3) is 5.92 Å². The van der Waals surface area contributed by atoms with Gasteiger partial charge in [-0.25, -0.2) is 0 Å². The van der Waals surface area contributed by atoms with E-state index in [2.05, 4.69) is 0 Å². The van der Waals surface area contributed by atoms with Crippen LogP contribution in [0.4, 0.5) is 8.78 Å². The summed E-state index contributed by atoms with van der Waals surface area (Å²) in [4.78, 5) is 11.6. The van der Waals surface area contributed by atoms with E-state index in [9.17, 15) is 13.6 Å². The van der Waals surface area contributed by atoms with Gasteiger partial charge in [0.15, 0.2) is 0 Å². The van der Waals surface area contributed by atoms with Crippen LogP contribution >= 0.6 is 0 Å². The van der Waals surface area contributed by atoms with Crippen molar-refractivity contribution in [3.8, 4) is 11.5 Å². The van der Waals surface area contributed by atoms with Crippen molar-refractivity contribution < 1.29 is 32.5 Å². The van der Waals surface area contributed by atoms with Gasteiger partial charge in [-0.3, -0.25) is 4.79 Å². The molecule has 0 aromatic heterocycles. The van der Waals surface area contributed by atoms with Gasteiger partial charge in [-0.15, -0.1) is 0 Å². The summed E-state index contributed by atoms with van der Waals surface area (Å²) in [5.74, 6) is -2.07. The number of carbonyl (C=O) groups is 1. The Morgan fingerprint density at radius 3 is 2.80 bits per heavy atom. The maximum absolute atomic E-state index is 14.5. The molecular formula is C23H24F2O5. The highest BCUT2D eigenvalue weighted by Crippen LogP contribution is 2.43. The van der Waals surface area contributed by atoms with Crippen molar-refractivity contribution in [2.75, 3.05) is 27.4 Å². The zero-order chi connectivity index (χ0) is 21.3. The fourth-order valence-electron chi connectivity index (χ4n) is 4.29. The minimum atomic E-state index is -3.04. The van der Waals surface area contributed by atoms with Gasteiger partial charge in [0.05, 0.1) is 20.1 Å². The number of hydrogen-bond acceptors (Lipinski definition) is 5. The van der Waals surface area contributed by atoms with E-state index in [-0.39, 0.29) is 30.0 Å². The summed E-state index contributed by atoms with van der Waals surface area (Å²) in [5.41, 5.74) is 2.38. The minimum Gasteiger partial charge on any atom is -0.492 e. The molecule has 1 heterocycles. The van der Waals surface area contributed by atoms with Gasteiger partial charge in [0.2, 0.25) is 0 Å². The normalized spacial score (nSPS) is 19.7. The Hall–Kier alpha value is -2.67. The van der Waals surface area contributed by atoms with Gasteiger partial charge in [-0.05, 0) is 30.0 Å². The first-order chi connectivity index (χ1) is 14.4. The molecule has 2 atom stereocenters. The lowest BCUT2D eigenvalue weighted by molar-refractivity contribution is -0.141. The first-order valence-corrected chi connectivity index (χ1v) is 9.92. The van der Waals surface area contributed by atoms with E-state index in [1.807, 2.05) is 18.2 Å². The molecule has 0 spiro atoms. The molecule has 4 rings (SSSR count). The van der Waals surface area contributed by atoms with E-state index < -0.39 is 12.5 Å². The Bertz CT molecular complexity index is 943. The molecule has 2 aromatic carbocycles. The number of benzene rings is 2. The zero-order valence-corrected chi connectivity index (χ0v) is 17.0. The van der Waals surface area contributed by atoms with Crippen LogP contribution < -0.4 is 9.47 Å². The van der Waals surface area contributed by atoms with Crippen molar-refractivity contribution >= 4 is 5.97 Å². The van der Waals surface area contributed by atoms with Crippen molar-refractivity contribution in [1.29, 1.82) is 0 Å². The lowest BCUT2D eigenvalue weighted by atomic mass is 9.97. The summed E-state index contributed by atoms with van der Waals surface area (Å²) in [7, 11) is 2.64. The average molecular weight is 418 g/mol. The van der Waals surface area contributed by atoms with Crippen molar-refractivity contribution in [2.24, 2.45) is 0 Å². The second-order valence-electron chi connectivity index (χ2n) is 7.64. The number of methoxy groups -OCH3 is 2. The largest absolute Gasteiger partial charge is 0.492 e. The molecule has 0 radical (unpaired) electrons. The molecule has 1 aliphatic heterocycles. The van der Waals surface area contributed by atoms with Crippen LogP contribution in [0.5, 0.6) is 11.5 Å². The van der Waals surface area contributed by atoms with Crippen LogP contribution in [0.25, 0.3) is 0 Å². The lowest BCUT2D eigenvalue weighted by Gasteiger charge is -2.20. The Morgan fingerprint density at radius 1 is 1.20 bits per heavy atom. The van der Waals surface area contributed by atoms with Crippen LogP contribution in [0.3, 0.4) is 0 Å². The number of ether oxygens (including phenoxy) is 4. The number of fused-ring (bicyclic) bond motifs is 2. The van der Waals surface area contributed by atoms with E-state index in [1.54, 1.807) is 12.1 Å². The highest BCUT2D eigenvalue weighted by atomic mass is 19.3. The molecule has 1 aliphatic carbocycles. The Balaban J connectivity index is 1.52. The highest BCUT2D eigenvalue weighted by Gasteiger charge is 2.38. The molecule has 0 saturated heterocycles. The molecule has 30 heavy (non-hydrogen) atoms. The topological polar surface area (TPSA) is 54.0 Å². The van der Waals surface area contributed by atoms with Crippen LogP contribution in [0.15, 0.2) is 36.4 Å². The van der Waals surface area contributed by atoms with Crippen molar-refractivity contribution in [3.05, 3.63) is 58.7 Å². The van der Waals surface area contributed by atoms with Crippen molar-refractivity contribution in [3.63, 3.8) is 0 Å². The van der Waals surface area contributed by atoms with Gasteiger partial charge in [0, 0.05) is 30.2 Å². The lowest BCUT2D eigenvalue weighted by Crippen LogP contribution is -2.22. The molecule has 2 aromatic rings. The first-order valence-electron chi connectivity index (χ1n) is 9.92. The van der Waals surface area contributed by atoms with E-state index >= 15 is 0 Å². The van der Waals surface area contributed by atoms with Crippen LogP contribution in [0.1, 0.15) is 47.1 Å². The smallest absolute Gasteiger partial charge is 0.306 e. The summed E-state index contributed by atoms with van der Waals surface area (Å²) in [5, 5.41) is 0.